The van der Waals surface area contributed by atoms with E-state index in [9.17, 15) is 18.8 Å². The summed E-state index contributed by atoms with van der Waals surface area (Å²) in [4.78, 5) is 56.5. The number of carbonyl (C=O) groups excluding carboxylic acids is 2. The number of rotatable bonds is 9. The summed E-state index contributed by atoms with van der Waals surface area (Å²) in [5, 5.41) is 5.11. The number of anilines is 2. The highest BCUT2D eigenvalue weighted by atomic mass is 19.1. The van der Waals surface area contributed by atoms with Gasteiger partial charge in [0, 0.05) is 36.7 Å². The number of carbonyl (C=O) groups is 2. The van der Waals surface area contributed by atoms with Gasteiger partial charge >= 0.3 is 6.03 Å². The van der Waals surface area contributed by atoms with Gasteiger partial charge in [-0.2, -0.15) is 0 Å². The number of ether oxygens (including phenoxy) is 2. The highest BCUT2D eigenvalue weighted by Crippen LogP contribution is 2.37. The number of amides is 3. The summed E-state index contributed by atoms with van der Waals surface area (Å²) in [6.45, 7) is 3.22. The molecule has 1 unspecified atom stereocenters. The number of fused-ring (bicyclic) bond motifs is 1. The number of para-hydroxylation sites is 1. The van der Waals surface area contributed by atoms with Crippen LogP contribution in [0.3, 0.4) is 0 Å². The number of H-pyrrole nitrogens is 1. The SMILES string of the molecule is COc1ccc(N(C(=O)Nc2ccc(F)cc2)C(C)c2nc3ccccc3c(=O)n2N2CCN(C(=O)Cc3cnc[nH]3)CC2)c(OC)c1. The summed E-state index contributed by atoms with van der Waals surface area (Å²) in [6.07, 6.45) is 3.35. The lowest BCUT2D eigenvalue weighted by Gasteiger charge is -2.39. The van der Waals surface area contributed by atoms with Crippen LogP contribution in [-0.2, 0) is 11.2 Å². The van der Waals surface area contributed by atoms with Gasteiger partial charge in [0.2, 0.25) is 5.91 Å². The van der Waals surface area contributed by atoms with Gasteiger partial charge in [-0.25, -0.2) is 23.8 Å². The molecule has 3 amide bonds. The van der Waals surface area contributed by atoms with E-state index in [-0.39, 0.29) is 17.9 Å². The Kier molecular flexibility index (Phi) is 9.23. The molecule has 0 saturated carbocycles. The highest BCUT2D eigenvalue weighted by molar-refractivity contribution is 6.03. The van der Waals surface area contributed by atoms with Crippen LogP contribution in [0.4, 0.5) is 20.6 Å². The Bertz CT molecular complexity index is 1970. The summed E-state index contributed by atoms with van der Waals surface area (Å²) in [5.41, 5.74) is 1.63. The molecular weight excluding hydrogens is 619 g/mol. The van der Waals surface area contributed by atoms with Gasteiger partial charge in [-0.3, -0.25) is 14.5 Å². The Hall–Kier alpha value is -5.92. The van der Waals surface area contributed by atoms with Crippen molar-refractivity contribution >= 4 is 34.2 Å². The topological polar surface area (TPSA) is 138 Å². The van der Waals surface area contributed by atoms with Crippen molar-refractivity contribution in [3.63, 3.8) is 0 Å². The first kappa shape index (κ1) is 32.0. The number of imidazole rings is 1. The molecule has 3 heterocycles. The maximum absolute atomic E-state index is 14.2. The number of methoxy groups -OCH3 is 2. The van der Waals surface area contributed by atoms with E-state index in [2.05, 4.69) is 15.3 Å². The van der Waals surface area contributed by atoms with E-state index in [0.717, 1.165) is 5.69 Å². The number of urea groups is 1. The van der Waals surface area contributed by atoms with Crippen molar-refractivity contribution < 1.29 is 23.5 Å². The van der Waals surface area contributed by atoms with Crippen LogP contribution in [0.25, 0.3) is 10.9 Å². The van der Waals surface area contributed by atoms with E-state index < -0.39 is 17.9 Å². The van der Waals surface area contributed by atoms with Gasteiger partial charge < -0.3 is 29.7 Å². The normalized spacial score (nSPS) is 13.7. The number of hydrogen-bond acceptors (Lipinski definition) is 8. The van der Waals surface area contributed by atoms with Crippen molar-refractivity contribution in [1.29, 1.82) is 0 Å². The summed E-state index contributed by atoms with van der Waals surface area (Å²) < 4.78 is 26.3. The molecule has 0 bridgehead atoms. The summed E-state index contributed by atoms with van der Waals surface area (Å²) in [7, 11) is 3.01. The molecule has 1 saturated heterocycles. The molecule has 3 aromatic carbocycles. The maximum Gasteiger partial charge on any atom is 0.327 e. The van der Waals surface area contributed by atoms with Crippen molar-refractivity contribution in [3.8, 4) is 11.5 Å². The van der Waals surface area contributed by atoms with Crippen LogP contribution in [0.5, 0.6) is 11.5 Å². The Balaban J connectivity index is 1.40. The number of hydrogen-bond donors (Lipinski definition) is 2. The molecule has 2 N–H and O–H groups in total. The van der Waals surface area contributed by atoms with Crippen molar-refractivity contribution in [3.05, 3.63) is 107 Å². The fraction of sp³-hybridized carbons (Fsp3) is 0.265. The zero-order chi connectivity index (χ0) is 33.8. The Labute approximate surface area is 275 Å². The van der Waals surface area contributed by atoms with Crippen molar-refractivity contribution in [2.75, 3.05) is 55.6 Å². The lowest BCUT2D eigenvalue weighted by Crippen LogP contribution is -2.57. The standard InChI is InChI=1S/C34H35FN8O5/c1-22(42(29-13-12-26(47-2)19-30(29)48-3)34(46)38-24-10-8-23(35)9-11-24)32-39-28-7-5-4-6-27(28)33(45)43(32)41-16-14-40(15-17-41)31(44)18-25-20-36-21-37-25/h4-13,19-22H,14-18H2,1-3H3,(H,36,37)(H,38,46). The Morgan fingerprint density at radius 1 is 1.02 bits per heavy atom. The molecule has 14 heteroatoms. The number of aromatic nitrogens is 4. The monoisotopic (exact) mass is 654 g/mol. The maximum atomic E-state index is 14.2. The summed E-state index contributed by atoms with van der Waals surface area (Å²) >= 11 is 0. The van der Waals surface area contributed by atoms with Crippen molar-refractivity contribution in [2.24, 2.45) is 0 Å². The van der Waals surface area contributed by atoms with Crippen LogP contribution in [0.1, 0.15) is 24.5 Å². The van der Waals surface area contributed by atoms with Crippen LogP contribution in [0.15, 0.2) is 84.0 Å². The minimum absolute atomic E-state index is 0.0493. The Morgan fingerprint density at radius 3 is 2.46 bits per heavy atom. The predicted octanol–water partition coefficient (Wildman–Crippen LogP) is 4.10. The molecule has 1 aliphatic heterocycles. The van der Waals surface area contributed by atoms with E-state index in [1.54, 1.807) is 60.5 Å². The lowest BCUT2D eigenvalue weighted by molar-refractivity contribution is -0.130. The van der Waals surface area contributed by atoms with Crippen LogP contribution < -0.4 is 30.3 Å². The third-order valence-electron chi connectivity index (χ3n) is 8.29. The zero-order valence-electron chi connectivity index (χ0n) is 26.7. The first-order valence-corrected chi connectivity index (χ1v) is 15.4. The van der Waals surface area contributed by atoms with Crippen LogP contribution in [-0.4, -0.2) is 76.9 Å². The number of nitrogens with zero attached hydrogens (tertiary/aromatic N) is 6. The van der Waals surface area contributed by atoms with Gasteiger partial charge in [0.15, 0.2) is 5.82 Å². The zero-order valence-corrected chi connectivity index (χ0v) is 26.7. The van der Waals surface area contributed by atoms with Gasteiger partial charge in [0.25, 0.3) is 5.56 Å². The fourth-order valence-electron chi connectivity index (χ4n) is 5.80. The third-order valence-corrected chi connectivity index (χ3v) is 8.29. The van der Waals surface area contributed by atoms with Gasteiger partial charge in [0.05, 0.1) is 62.7 Å². The van der Waals surface area contributed by atoms with Crippen molar-refractivity contribution in [1.82, 2.24) is 24.5 Å². The number of benzene rings is 3. The number of aromatic amines is 1. The molecule has 2 aromatic heterocycles. The third kappa shape index (κ3) is 6.49. The molecule has 1 atom stereocenters. The number of nitrogens with one attached hydrogen (secondary N) is 2. The average molecular weight is 655 g/mol. The van der Waals surface area contributed by atoms with Crippen molar-refractivity contribution in [2.45, 2.75) is 19.4 Å². The fourth-order valence-corrected chi connectivity index (χ4v) is 5.80. The first-order valence-electron chi connectivity index (χ1n) is 15.4. The molecule has 5 aromatic rings. The molecule has 0 radical (unpaired) electrons. The number of halogens is 1. The van der Waals surface area contributed by atoms with Crippen LogP contribution >= 0.6 is 0 Å². The van der Waals surface area contributed by atoms with Gasteiger partial charge in [-0.1, -0.05) is 12.1 Å². The Morgan fingerprint density at radius 2 is 1.77 bits per heavy atom. The lowest BCUT2D eigenvalue weighted by atomic mass is 10.1. The summed E-state index contributed by atoms with van der Waals surface area (Å²) in [5.74, 6) is 0.662. The van der Waals surface area contributed by atoms with Crippen LogP contribution in [0.2, 0.25) is 0 Å². The molecule has 0 aliphatic carbocycles. The molecule has 6 rings (SSSR count). The molecule has 48 heavy (non-hydrogen) atoms. The molecule has 13 nitrogen and oxygen atoms in total. The minimum atomic E-state index is -0.843. The molecular formula is C34H35FN8O5. The largest absolute Gasteiger partial charge is 0.497 e. The van der Waals surface area contributed by atoms with Gasteiger partial charge in [-0.15, -0.1) is 0 Å². The second-order valence-corrected chi connectivity index (χ2v) is 11.2. The average Bonchev–Trinajstić information content (AvgIpc) is 3.62. The highest BCUT2D eigenvalue weighted by Gasteiger charge is 2.33. The smallest absolute Gasteiger partial charge is 0.327 e. The molecule has 248 valence electrons. The molecule has 0 spiro atoms. The second-order valence-electron chi connectivity index (χ2n) is 11.2. The van der Waals surface area contributed by atoms with Crippen LogP contribution in [0, 0.1) is 5.82 Å². The second kappa shape index (κ2) is 13.8. The summed E-state index contributed by atoms with van der Waals surface area (Å²) in [6, 6.07) is 16.1. The first-order chi connectivity index (χ1) is 23.3. The van der Waals surface area contributed by atoms with E-state index in [0.29, 0.717) is 65.8 Å². The number of piperazine rings is 1. The predicted molar refractivity (Wildman–Crippen MR) is 179 cm³/mol. The van der Waals surface area contributed by atoms with Gasteiger partial charge in [0.1, 0.15) is 17.3 Å². The van der Waals surface area contributed by atoms with E-state index in [4.69, 9.17) is 14.5 Å². The quantitative estimate of drug-likeness (QED) is 0.243. The van der Waals surface area contributed by atoms with E-state index in [1.165, 1.54) is 54.4 Å². The molecule has 1 aliphatic rings. The van der Waals surface area contributed by atoms with E-state index in [1.807, 2.05) is 5.01 Å². The minimum Gasteiger partial charge on any atom is -0.497 e. The van der Waals surface area contributed by atoms with E-state index >= 15 is 0 Å². The molecule has 1 fully saturated rings. The van der Waals surface area contributed by atoms with Gasteiger partial charge in [-0.05, 0) is 55.5 Å².